The minimum atomic E-state index is -1.82. The molecule has 0 saturated carbocycles. The summed E-state index contributed by atoms with van der Waals surface area (Å²) in [6, 6.07) is 4.97. The summed E-state index contributed by atoms with van der Waals surface area (Å²) in [5.41, 5.74) is 0.295. The zero-order valence-electron chi connectivity index (χ0n) is 19.9. The largest absolute Gasteiger partial charge is 0.441 e. The molecule has 2 aliphatic heterocycles. The molecular weight excluding hydrogens is 454 g/mol. The Kier molecular flexibility index (Phi) is 6.73. The van der Waals surface area contributed by atoms with Crippen molar-refractivity contribution in [1.82, 2.24) is 15.0 Å². The van der Waals surface area contributed by atoms with Crippen molar-refractivity contribution >= 4 is 29.2 Å². The lowest BCUT2D eigenvalue weighted by Crippen LogP contribution is -2.55. The number of fused-ring (bicyclic) bond motifs is 1. The number of aryl methyl sites for hydroxylation is 1. The van der Waals surface area contributed by atoms with Crippen LogP contribution in [-0.2, 0) is 37.7 Å². The highest BCUT2D eigenvalue weighted by molar-refractivity contribution is 6.08. The molecule has 11 nitrogen and oxygen atoms in total. The van der Waals surface area contributed by atoms with E-state index in [0.29, 0.717) is 42.0 Å². The number of allylic oxidation sites excluding steroid dienone is 1. The maximum Gasteiger partial charge on any atom is 0.304 e. The van der Waals surface area contributed by atoms with Gasteiger partial charge in [0.25, 0.3) is 5.91 Å². The van der Waals surface area contributed by atoms with Crippen LogP contribution < -0.4 is 9.80 Å². The average molecular weight is 484 g/mol. The standard InChI is InChI=1S/C24H29N5O6/c1-15(6-4-5-10-28-14-17(9-11-30)25-26-28)24(34)19-12-18(7-8-20(19)27(3)23(24)33)29-21(32)13-22(29)35-16(2)31/h4,6-8,12,14-15,22,30,34H,5,9-11,13H2,1-3H3/b6-4+/t15-,22?,24+/m1/s1. The van der Waals surface area contributed by atoms with Gasteiger partial charge in [-0.2, -0.15) is 0 Å². The molecule has 3 heterocycles. The predicted octanol–water partition coefficient (Wildman–Crippen LogP) is 0.885. The van der Waals surface area contributed by atoms with E-state index < -0.39 is 29.6 Å². The van der Waals surface area contributed by atoms with Crippen molar-refractivity contribution in [3.8, 4) is 0 Å². The lowest BCUT2D eigenvalue weighted by Gasteiger charge is -2.39. The number of rotatable bonds is 9. The number of esters is 1. The Balaban J connectivity index is 1.52. The van der Waals surface area contributed by atoms with Crippen LogP contribution in [0.2, 0.25) is 0 Å². The highest BCUT2D eigenvalue weighted by Crippen LogP contribution is 2.46. The van der Waals surface area contributed by atoms with Crippen LogP contribution in [0.5, 0.6) is 0 Å². The zero-order valence-corrected chi connectivity index (χ0v) is 19.9. The number of nitrogens with zero attached hydrogens (tertiary/aromatic N) is 5. The number of benzene rings is 1. The SMILES string of the molecule is CC(=O)OC1CC(=O)N1c1ccc2c(c1)[C@@](O)([C@H](C)/C=C/CCn1cc(CCO)nn1)C(=O)N2C. The molecule has 1 aromatic carbocycles. The van der Waals surface area contributed by atoms with Crippen LogP contribution in [0.15, 0.2) is 36.5 Å². The van der Waals surface area contributed by atoms with Gasteiger partial charge < -0.3 is 19.8 Å². The Morgan fingerprint density at radius 2 is 2.14 bits per heavy atom. The maximum atomic E-state index is 13.1. The first-order valence-corrected chi connectivity index (χ1v) is 11.5. The van der Waals surface area contributed by atoms with Crippen LogP contribution in [0.1, 0.15) is 37.9 Å². The molecule has 4 rings (SSSR count). The van der Waals surface area contributed by atoms with E-state index >= 15 is 0 Å². The predicted molar refractivity (Wildman–Crippen MR) is 125 cm³/mol. The highest BCUT2D eigenvalue weighted by atomic mass is 16.6. The quantitative estimate of drug-likeness (QED) is 0.305. The van der Waals surface area contributed by atoms with Gasteiger partial charge in [-0.15, -0.1) is 5.10 Å². The third kappa shape index (κ3) is 4.44. The Morgan fingerprint density at radius 1 is 1.37 bits per heavy atom. The van der Waals surface area contributed by atoms with Gasteiger partial charge in [-0.1, -0.05) is 24.3 Å². The summed E-state index contributed by atoms with van der Waals surface area (Å²) in [5, 5.41) is 28.6. The third-order valence-electron chi connectivity index (χ3n) is 6.43. The van der Waals surface area contributed by atoms with Gasteiger partial charge in [0, 0.05) is 56.9 Å². The van der Waals surface area contributed by atoms with Crippen LogP contribution in [0.3, 0.4) is 0 Å². The normalized spacial score (nSPS) is 22.5. The number of aliphatic hydroxyl groups excluding tert-OH is 1. The Labute approximate surface area is 202 Å². The molecule has 1 unspecified atom stereocenters. The van der Waals surface area contributed by atoms with Crippen LogP contribution in [0, 0.1) is 5.92 Å². The van der Waals surface area contributed by atoms with Gasteiger partial charge in [0.2, 0.25) is 5.91 Å². The van der Waals surface area contributed by atoms with Crippen molar-refractivity contribution < 1.29 is 29.3 Å². The van der Waals surface area contributed by atoms with E-state index in [4.69, 9.17) is 9.84 Å². The molecule has 0 spiro atoms. The van der Waals surface area contributed by atoms with Gasteiger partial charge >= 0.3 is 5.97 Å². The number of carbonyl (C=O) groups is 3. The van der Waals surface area contributed by atoms with Crippen molar-refractivity contribution in [2.45, 2.75) is 51.5 Å². The first-order valence-electron chi connectivity index (χ1n) is 11.5. The van der Waals surface area contributed by atoms with Gasteiger partial charge in [-0.05, 0) is 24.6 Å². The molecule has 2 aromatic rings. The molecule has 0 radical (unpaired) electrons. The summed E-state index contributed by atoms with van der Waals surface area (Å²) in [4.78, 5) is 39.5. The highest BCUT2D eigenvalue weighted by Gasteiger charge is 2.52. The second-order valence-corrected chi connectivity index (χ2v) is 8.82. The number of likely N-dealkylation sites (N-methyl/N-ethyl adjacent to an activating group) is 1. The fourth-order valence-corrected chi connectivity index (χ4v) is 4.50. The van der Waals surface area contributed by atoms with Crippen molar-refractivity contribution in [2.24, 2.45) is 5.92 Å². The molecule has 35 heavy (non-hydrogen) atoms. The molecule has 1 fully saturated rings. The zero-order chi connectivity index (χ0) is 25.3. The molecule has 1 aromatic heterocycles. The number of carbonyl (C=O) groups excluding carboxylic acids is 3. The second kappa shape index (κ2) is 9.59. The summed E-state index contributed by atoms with van der Waals surface area (Å²) in [5.74, 6) is -1.72. The maximum absolute atomic E-state index is 13.1. The average Bonchev–Trinajstić information content (AvgIpc) is 3.33. The lowest BCUT2D eigenvalue weighted by atomic mass is 9.82. The smallest absolute Gasteiger partial charge is 0.304 e. The van der Waals surface area contributed by atoms with E-state index in [1.54, 1.807) is 49.1 Å². The van der Waals surface area contributed by atoms with Crippen LogP contribution >= 0.6 is 0 Å². The van der Waals surface area contributed by atoms with Gasteiger partial charge in [0.15, 0.2) is 11.8 Å². The third-order valence-corrected chi connectivity index (χ3v) is 6.43. The summed E-state index contributed by atoms with van der Waals surface area (Å²) in [6.07, 6.45) is 5.87. The number of hydrogen-bond acceptors (Lipinski definition) is 8. The number of amides is 2. The first kappa shape index (κ1) is 24.6. The lowest BCUT2D eigenvalue weighted by molar-refractivity contribution is -0.153. The molecule has 0 bridgehead atoms. The monoisotopic (exact) mass is 483 g/mol. The number of hydrogen-bond donors (Lipinski definition) is 2. The van der Waals surface area contributed by atoms with Crippen LogP contribution in [0.25, 0.3) is 0 Å². The van der Waals surface area contributed by atoms with Crippen molar-refractivity contribution in [1.29, 1.82) is 0 Å². The number of ether oxygens (including phenoxy) is 1. The molecule has 2 N–H and O–H groups in total. The van der Waals surface area contributed by atoms with E-state index in [1.165, 1.54) is 16.7 Å². The van der Waals surface area contributed by atoms with Gasteiger partial charge in [-0.25, -0.2) is 0 Å². The van der Waals surface area contributed by atoms with Crippen molar-refractivity contribution in [3.63, 3.8) is 0 Å². The van der Waals surface area contributed by atoms with E-state index in [1.807, 2.05) is 6.08 Å². The van der Waals surface area contributed by atoms with Gasteiger partial charge in [0.05, 0.1) is 17.8 Å². The second-order valence-electron chi connectivity index (χ2n) is 8.82. The molecule has 2 aliphatic rings. The Bertz CT molecular complexity index is 1180. The van der Waals surface area contributed by atoms with E-state index in [0.717, 1.165) is 0 Å². The van der Waals surface area contributed by atoms with Crippen LogP contribution in [-0.4, -0.2) is 62.9 Å². The molecule has 0 aliphatic carbocycles. The summed E-state index contributed by atoms with van der Waals surface area (Å²) < 4.78 is 6.87. The van der Waals surface area contributed by atoms with Crippen molar-refractivity contribution in [3.05, 3.63) is 47.8 Å². The summed E-state index contributed by atoms with van der Waals surface area (Å²) in [6.45, 7) is 3.61. The number of β-lactam (4-membered cyclic amide) rings is 1. The Hall–Kier alpha value is -3.57. The first-order chi connectivity index (χ1) is 16.7. The molecule has 186 valence electrons. The van der Waals surface area contributed by atoms with E-state index in [2.05, 4.69) is 10.3 Å². The van der Waals surface area contributed by atoms with Crippen molar-refractivity contribution in [2.75, 3.05) is 23.5 Å². The summed E-state index contributed by atoms with van der Waals surface area (Å²) in [7, 11) is 1.60. The van der Waals surface area contributed by atoms with Crippen LogP contribution in [0.4, 0.5) is 11.4 Å². The molecule has 2 amide bonds. The molecule has 11 heteroatoms. The molecular formula is C24H29N5O6. The number of aliphatic hydroxyl groups is 2. The van der Waals surface area contributed by atoms with Gasteiger partial charge in [-0.3, -0.25) is 24.0 Å². The minimum Gasteiger partial charge on any atom is -0.441 e. The summed E-state index contributed by atoms with van der Waals surface area (Å²) >= 11 is 0. The fraction of sp³-hybridized carbons (Fsp3) is 0.458. The number of aromatic nitrogens is 3. The topological polar surface area (TPSA) is 138 Å². The minimum absolute atomic E-state index is 0.0106. The van der Waals surface area contributed by atoms with E-state index in [9.17, 15) is 19.5 Å². The molecule has 3 atom stereocenters. The number of anilines is 2. The molecule has 1 saturated heterocycles. The Morgan fingerprint density at radius 3 is 2.83 bits per heavy atom. The van der Waals surface area contributed by atoms with E-state index in [-0.39, 0.29) is 18.9 Å². The van der Waals surface area contributed by atoms with Gasteiger partial charge in [0.1, 0.15) is 0 Å². The fourth-order valence-electron chi connectivity index (χ4n) is 4.50.